The number of benzene rings is 3. The van der Waals surface area contributed by atoms with Crippen LogP contribution in [0.1, 0.15) is 43.6 Å². The molecule has 9 nitrogen and oxygen atoms in total. The number of aryl methyl sites for hydroxylation is 1. The van der Waals surface area contributed by atoms with Gasteiger partial charge in [0.1, 0.15) is 6.10 Å². The first-order valence-corrected chi connectivity index (χ1v) is 12.4. The van der Waals surface area contributed by atoms with E-state index in [4.69, 9.17) is 4.74 Å². The topological polar surface area (TPSA) is 123 Å². The van der Waals surface area contributed by atoms with Crippen molar-refractivity contribution in [3.8, 4) is 11.1 Å². The van der Waals surface area contributed by atoms with Gasteiger partial charge in [0.15, 0.2) is 0 Å². The van der Waals surface area contributed by atoms with E-state index in [0.29, 0.717) is 13.1 Å². The minimum Gasteiger partial charge on any atom is -0.478 e. The predicted octanol–water partition coefficient (Wildman–Crippen LogP) is 5.29. The molecule has 0 unspecified atom stereocenters. The summed E-state index contributed by atoms with van der Waals surface area (Å²) in [6, 6.07) is 25.6. The standard InChI is InChI=1S/C30H25N3O6/c1-19-26(29(34)35)27(22-13-8-14-23(15-22)33(37)38)25(16-31-19)30(36)39-24-17-32(18-24)28(20-9-4-2-5-10-20)21-11-6-3-7-12-21/h2-16,24,28H,17-18H2,1H3,(H,34,35). The lowest BCUT2D eigenvalue weighted by Gasteiger charge is -2.44. The Bertz CT molecular complexity index is 1500. The molecule has 3 aromatic carbocycles. The summed E-state index contributed by atoms with van der Waals surface area (Å²) < 4.78 is 5.79. The lowest BCUT2D eigenvalue weighted by Crippen LogP contribution is -2.54. The number of hydrogen-bond acceptors (Lipinski definition) is 7. The van der Waals surface area contributed by atoms with Gasteiger partial charge in [-0.05, 0) is 23.6 Å². The molecule has 2 heterocycles. The molecular weight excluding hydrogens is 498 g/mol. The third kappa shape index (κ3) is 5.25. The number of pyridine rings is 1. The van der Waals surface area contributed by atoms with Gasteiger partial charge in [0, 0.05) is 37.0 Å². The number of hydrogen-bond donors (Lipinski definition) is 1. The van der Waals surface area contributed by atoms with Crippen LogP contribution in [0.4, 0.5) is 5.69 Å². The normalized spacial score (nSPS) is 13.6. The molecular formula is C30H25N3O6. The van der Waals surface area contributed by atoms with E-state index < -0.39 is 23.0 Å². The van der Waals surface area contributed by atoms with Crippen molar-refractivity contribution < 1.29 is 24.4 Å². The summed E-state index contributed by atoms with van der Waals surface area (Å²) in [6.07, 6.45) is 0.853. The van der Waals surface area contributed by atoms with E-state index in [0.717, 1.165) is 11.1 Å². The Balaban J connectivity index is 1.41. The van der Waals surface area contributed by atoms with Crippen molar-refractivity contribution in [1.29, 1.82) is 0 Å². The number of carbonyl (C=O) groups excluding carboxylic acids is 1. The molecule has 1 aromatic heterocycles. The van der Waals surface area contributed by atoms with Crippen molar-refractivity contribution in [2.24, 2.45) is 0 Å². The maximum atomic E-state index is 13.4. The van der Waals surface area contributed by atoms with Gasteiger partial charge in [-0.2, -0.15) is 0 Å². The maximum Gasteiger partial charge on any atom is 0.340 e. The van der Waals surface area contributed by atoms with Crippen LogP contribution in [0.5, 0.6) is 0 Å². The van der Waals surface area contributed by atoms with E-state index in [1.165, 1.54) is 37.4 Å². The number of likely N-dealkylation sites (tertiary alicyclic amines) is 1. The van der Waals surface area contributed by atoms with Crippen LogP contribution in [0.2, 0.25) is 0 Å². The lowest BCUT2D eigenvalue weighted by atomic mass is 9.93. The first kappa shape index (κ1) is 25.7. The summed E-state index contributed by atoms with van der Waals surface area (Å²) in [6.45, 7) is 2.48. The van der Waals surface area contributed by atoms with Crippen LogP contribution in [-0.4, -0.2) is 51.0 Å². The number of carboxylic acids is 1. The van der Waals surface area contributed by atoms with E-state index in [-0.39, 0.29) is 39.7 Å². The summed E-state index contributed by atoms with van der Waals surface area (Å²) >= 11 is 0. The molecule has 9 heteroatoms. The fourth-order valence-electron chi connectivity index (χ4n) is 4.95. The summed E-state index contributed by atoms with van der Waals surface area (Å²) in [7, 11) is 0. The van der Waals surface area contributed by atoms with Crippen molar-refractivity contribution in [2.75, 3.05) is 13.1 Å². The second kappa shape index (κ2) is 10.8. The zero-order valence-electron chi connectivity index (χ0n) is 21.1. The number of rotatable bonds is 8. The number of nitro benzene ring substituents is 1. The smallest absolute Gasteiger partial charge is 0.340 e. The highest BCUT2D eigenvalue weighted by Crippen LogP contribution is 2.35. The number of nitro groups is 1. The van der Waals surface area contributed by atoms with E-state index in [1.54, 1.807) is 0 Å². The van der Waals surface area contributed by atoms with Gasteiger partial charge in [0.25, 0.3) is 5.69 Å². The zero-order chi connectivity index (χ0) is 27.5. The number of aromatic carboxylic acids is 1. The van der Waals surface area contributed by atoms with Crippen LogP contribution in [-0.2, 0) is 4.74 Å². The van der Waals surface area contributed by atoms with Crippen molar-refractivity contribution in [3.05, 3.63) is 129 Å². The Kier molecular flexibility index (Phi) is 7.16. The van der Waals surface area contributed by atoms with Crippen LogP contribution < -0.4 is 0 Å². The van der Waals surface area contributed by atoms with Gasteiger partial charge in [-0.25, -0.2) is 9.59 Å². The number of non-ortho nitro benzene ring substituents is 1. The monoisotopic (exact) mass is 523 g/mol. The fraction of sp³-hybridized carbons (Fsp3) is 0.167. The largest absolute Gasteiger partial charge is 0.478 e. The van der Waals surface area contributed by atoms with Gasteiger partial charge in [-0.15, -0.1) is 0 Å². The van der Waals surface area contributed by atoms with Crippen LogP contribution in [0.25, 0.3) is 11.1 Å². The fourth-order valence-corrected chi connectivity index (χ4v) is 4.95. The quantitative estimate of drug-likeness (QED) is 0.188. The van der Waals surface area contributed by atoms with E-state index >= 15 is 0 Å². The van der Waals surface area contributed by atoms with Crippen molar-refractivity contribution >= 4 is 17.6 Å². The van der Waals surface area contributed by atoms with Gasteiger partial charge in [-0.3, -0.25) is 20.0 Å². The molecule has 39 heavy (non-hydrogen) atoms. The van der Waals surface area contributed by atoms with Crippen LogP contribution >= 0.6 is 0 Å². The summed E-state index contributed by atoms with van der Waals surface area (Å²) in [4.78, 5) is 42.6. The third-order valence-corrected chi connectivity index (χ3v) is 6.79. The molecule has 5 rings (SSSR count). The summed E-state index contributed by atoms with van der Waals surface area (Å²) in [5.74, 6) is -2.02. The van der Waals surface area contributed by atoms with E-state index in [1.807, 2.05) is 36.4 Å². The number of aromatic nitrogens is 1. The van der Waals surface area contributed by atoms with Crippen LogP contribution in [0.3, 0.4) is 0 Å². The molecule has 4 aromatic rings. The Morgan fingerprint density at radius 3 is 2.18 bits per heavy atom. The van der Waals surface area contributed by atoms with Crippen molar-refractivity contribution in [3.63, 3.8) is 0 Å². The van der Waals surface area contributed by atoms with Gasteiger partial charge < -0.3 is 9.84 Å². The second-order valence-electron chi connectivity index (χ2n) is 9.32. The van der Waals surface area contributed by atoms with Crippen molar-refractivity contribution in [1.82, 2.24) is 9.88 Å². The molecule has 1 fully saturated rings. The Labute approximate surface area is 224 Å². The molecule has 0 saturated carbocycles. The lowest BCUT2D eigenvalue weighted by molar-refractivity contribution is -0.384. The third-order valence-electron chi connectivity index (χ3n) is 6.79. The summed E-state index contributed by atoms with van der Waals surface area (Å²) in [5, 5.41) is 21.3. The van der Waals surface area contributed by atoms with Gasteiger partial charge in [0.05, 0.1) is 27.8 Å². The highest BCUT2D eigenvalue weighted by molar-refractivity contribution is 6.06. The average Bonchev–Trinajstić information content (AvgIpc) is 2.92. The van der Waals surface area contributed by atoms with E-state index in [2.05, 4.69) is 34.1 Å². The van der Waals surface area contributed by atoms with E-state index in [9.17, 15) is 24.8 Å². The molecule has 1 aliphatic heterocycles. The Hall–Kier alpha value is -4.89. The van der Waals surface area contributed by atoms with Crippen molar-refractivity contribution in [2.45, 2.75) is 19.1 Å². The minimum absolute atomic E-state index is 0.0116. The Morgan fingerprint density at radius 2 is 1.62 bits per heavy atom. The first-order chi connectivity index (χ1) is 18.8. The molecule has 0 bridgehead atoms. The zero-order valence-corrected chi connectivity index (χ0v) is 21.1. The minimum atomic E-state index is -1.29. The summed E-state index contributed by atoms with van der Waals surface area (Å²) in [5.41, 5.74) is 2.22. The molecule has 0 spiro atoms. The highest BCUT2D eigenvalue weighted by Gasteiger charge is 2.37. The van der Waals surface area contributed by atoms with Gasteiger partial charge in [-0.1, -0.05) is 72.8 Å². The number of ether oxygens (including phenoxy) is 1. The van der Waals surface area contributed by atoms with Crippen LogP contribution in [0, 0.1) is 17.0 Å². The number of carboxylic acid groups (broad SMARTS) is 1. The van der Waals surface area contributed by atoms with Gasteiger partial charge in [0.2, 0.25) is 0 Å². The molecule has 0 aliphatic carbocycles. The number of nitrogens with zero attached hydrogens (tertiary/aromatic N) is 3. The highest BCUT2D eigenvalue weighted by atomic mass is 16.6. The second-order valence-corrected chi connectivity index (χ2v) is 9.32. The molecule has 0 amide bonds. The molecule has 1 aliphatic rings. The molecule has 1 N–H and O–H groups in total. The van der Waals surface area contributed by atoms with Crippen LogP contribution in [0.15, 0.2) is 91.1 Å². The molecule has 0 atom stereocenters. The Morgan fingerprint density at radius 1 is 1.00 bits per heavy atom. The molecule has 0 radical (unpaired) electrons. The number of esters is 1. The predicted molar refractivity (Wildman–Crippen MR) is 144 cm³/mol. The first-order valence-electron chi connectivity index (χ1n) is 12.4. The van der Waals surface area contributed by atoms with Gasteiger partial charge >= 0.3 is 11.9 Å². The average molecular weight is 524 g/mol. The maximum absolute atomic E-state index is 13.4. The SMILES string of the molecule is Cc1ncc(C(=O)OC2CN(C(c3ccccc3)c3ccccc3)C2)c(-c2cccc([N+](=O)[O-])c2)c1C(=O)O. The molecule has 1 saturated heterocycles. The number of carbonyl (C=O) groups is 2. The molecule has 196 valence electrons.